The highest BCUT2D eigenvalue weighted by atomic mass is 16.3. The van der Waals surface area contributed by atoms with E-state index < -0.39 is 6.10 Å². The lowest BCUT2D eigenvalue weighted by atomic mass is 10.1. The Labute approximate surface area is 165 Å². The standard InChI is InChI=1S/C20H28N6O2/c21-18-11-17(24-20(22)25-18)14-6-5-7-15(10-14)19(28)23-12-16(27)13-26-8-3-1-2-4-9-26/h5-7,10-11,16,27H,1-4,8-9,12-13H2,(H,23,28)(H4,21,22,24,25). The molecule has 8 nitrogen and oxygen atoms in total. The van der Waals surface area contributed by atoms with Crippen LogP contribution in [0.2, 0.25) is 0 Å². The molecule has 0 bridgehead atoms. The Morgan fingerprint density at radius 2 is 1.89 bits per heavy atom. The molecule has 1 aromatic carbocycles. The molecule has 0 saturated carbocycles. The van der Waals surface area contributed by atoms with Crippen LogP contribution in [0.4, 0.5) is 11.8 Å². The van der Waals surface area contributed by atoms with Crippen molar-refractivity contribution in [3.8, 4) is 11.3 Å². The van der Waals surface area contributed by atoms with Gasteiger partial charge in [0.05, 0.1) is 11.8 Å². The van der Waals surface area contributed by atoms with Gasteiger partial charge < -0.3 is 26.8 Å². The van der Waals surface area contributed by atoms with E-state index in [0.717, 1.165) is 18.7 Å². The minimum Gasteiger partial charge on any atom is -0.390 e. The van der Waals surface area contributed by atoms with Crippen LogP contribution in [0, 0.1) is 0 Å². The van der Waals surface area contributed by atoms with Crippen LogP contribution in [-0.4, -0.2) is 58.2 Å². The molecule has 1 fully saturated rings. The lowest BCUT2D eigenvalue weighted by Gasteiger charge is -2.23. The Morgan fingerprint density at radius 1 is 1.14 bits per heavy atom. The summed E-state index contributed by atoms with van der Waals surface area (Å²) in [5, 5.41) is 13.1. The maximum Gasteiger partial charge on any atom is 0.251 e. The first kappa shape index (κ1) is 20.0. The molecule has 1 aliphatic rings. The van der Waals surface area contributed by atoms with E-state index in [0.29, 0.717) is 17.8 Å². The summed E-state index contributed by atoms with van der Waals surface area (Å²) >= 11 is 0. The lowest BCUT2D eigenvalue weighted by molar-refractivity contribution is 0.0862. The molecule has 1 unspecified atom stereocenters. The van der Waals surface area contributed by atoms with E-state index in [9.17, 15) is 9.90 Å². The number of hydrogen-bond acceptors (Lipinski definition) is 7. The number of benzene rings is 1. The van der Waals surface area contributed by atoms with Gasteiger partial charge >= 0.3 is 0 Å². The molecule has 0 aliphatic carbocycles. The van der Waals surface area contributed by atoms with E-state index >= 15 is 0 Å². The summed E-state index contributed by atoms with van der Waals surface area (Å²) in [6, 6.07) is 8.64. The van der Waals surface area contributed by atoms with Gasteiger partial charge in [-0.3, -0.25) is 4.79 Å². The third kappa shape index (κ3) is 5.64. The number of aliphatic hydroxyl groups excluding tert-OH is 1. The van der Waals surface area contributed by atoms with E-state index in [2.05, 4.69) is 20.2 Å². The minimum absolute atomic E-state index is 0.0847. The van der Waals surface area contributed by atoms with Gasteiger partial charge in [-0.05, 0) is 38.1 Å². The van der Waals surface area contributed by atoms with E-state index in [1.807, 2.05) is 6.07 Å². The van der Waals surface area contributed by atoms with Crippen LogP contribution in [0.5, 0.6) is 0 Å². The molecule has 1 saturated heterocycles. The lowest BCUT2D eigenvalue weighted by Crippen LogP contribution is -2.40. The van der Waals surface area contributed by atoms with Gasteiger partial charge in [0, 0.05) is 30.3 Å². The monoisotopic (exact) mass is 384 g/mol. The van der Waals surface area contributed by atoms with Gasteiger partial charge in [0.2, 0.25) is 5.95 Å². The fourth-order valence-corrected chi connectivity index (χ4v) is 3.45. The zero-order valence-electron chi connectivity index (χ0n) is 16.0. The Hall–Kier alpha value is -2.71. The molecule has 2 aromatic rings. The van der Waals surface area contributed by atoms with E-state index in [4.69, 9.17) is 11.5 Å². The van der Waals surface area contributed by atoms with Crippen molar-refractivity contribution >= 4 is 17.7 Å². The summed E-state index contributed by atoms with van der Waals surface area (Å²) in [4.78, 5) is 22.8. The molecule has 1 amide bonds. The van der Waals surface area contributed by atoms with Gasteiger partial charge in [0.25, 0.3) is 5.91 Å². The average molecular weight is 384 g/mol. The van der Waals surface area contributed by atoms with Gasteiger partial charge in [-0.15, -0.1) is 0 Å². The zero-order valence-corrected chi connectivity index (χ0v) is 16.0. The quantitative estimate of drug-likeness (QED) is 0.590. The minimum atomic E-state index is -0.591. The summed E-state index contributed by atoms with van der Waals surface area (Å²) < 4.78 is 0. The number of nitrogens with one attached hydrogen (secondary N) is 1. The number of carbonyl (C=O) groups excluding carboxylic acids is 1. The van der Waals surface area contributed by atoms with Gasteiger partial charge in [0.1, 0.15) is 5.82 Å². The number of nitrogens with two attached hydrogens (primary N) is 2. The van der Waals surface area contributed by atoms with Crippen molar-refractivity contribution in [2.45, 2.75) is 31.8 Å². The van der Waals surface area contributed by atoms with Crippen LogP contribution in [0.15, 0.2) is 30.3 Å². The highest BCUT2D eigenvalue weighted by Crippen LogP contribution is 2.20. The number of aliphatic hydroxyl groups is 1. The molecule has 1 aromatic heterocycles. The molecule has 1 atom stereocenters. The molecule has 8 heteroatoms. The van der Waals surface area contributed by atoms with E-state index in [-0.39, 0.29) is 24.2 Å². The van der Waals surface area contributed by atoms with E-state index in [1.54, 1.807) is 24.3 Å². The second-order valence-electron chi connectivity index (χ2n) is 7.20. The molecule has 3 rings (SSSR count). The van der Waals surface area contributed by atoms with Crippen LogP contribution in [0.25, 0.3) is 11.3 Å². The summed E-state index contributed by atoms with van der Waals surface area (Å²) in [7, 11) is 0. The third-order valence-electron chi connectivity index (χ3n) is 4.85. The van der Waals surface area contributed by atoms with E-state index in [1.165, 1.54) is 25.7 Å². The van der Waals surface area contributed by atoms with Crippen LogP contribution >= 0.6 is 0 Å². The highest BCUT2D eigenvalue weighted by Gasteiger charge is 2.15. The predicted molar refractivity (Wildman–Crippen MR) is 110 cm³/mol. The number of amides is 1. The first-order valence-corrected chi connectivity index (χ1v) is 9.70. The second-order valence-corrected chi connectivity index (χ2v) is 7.20. The second kappa shape index (κ2) is 9.48. The van der Waals surface area contributed by atoms with Gasteiger partial charge in [-0.1, -0.05) is 25.0 Å². The fourth-order valence-electron chi connectivity index (χ4n) is 3.45. The number of anilines is 2. The number of nitrogen functional groups attached to an aromatic ring is 2. The number of carbonyl (C=O) groups is 1. The molecule has 0 radical (unpaired) electrons. The Morgan fingerprint density at radius 3 is 2.61 bits per heavy atom. The van der Waals surface area contributed by atoms with Crippen molar-refractivity contribution in [2.24, 2.45) is 0 Å². The number of nitrogens with zero attached hydrogens (tertiary/aromatic N) is 3. The molecule has 6 N–H and O–H groups in total. The summed E-state index contributed by atoms with van der Waals surface area (Å²) in [6.45, 7) is 2.82. The SMILES string of the molecule is Nc1cc(-c2cccc(C(=O)NCC(O)CN3CCCCCC3)c2)nc(N)n1. The topological polar surface area (TPSA) is 130 Å². The molecular weight excluding hydrogens is 356 g/mol. The number of β-amino-alcohol motifs (C(OH)–C–C–N with tert-alkyl or cyclic N) is 1. The smallest absolute Gasteiger partial charge is 0.251 e. The maximum absolute atomic E-state index is 12.5. The van der Waals surface area contributed by atoms with Crippen molar-refractivity contribution in [3.63, 3.8) is 0 Å². The Bertz CT molecular complexity index is 785. The maximum atomic E-state index is 12.5. The molecule has 1 aliphatic heterocycles. The Balaban J connectivity index is 1.58. The van der Waals surface area contributed by atoms with Crippen LogP contribution in [0.3, 0.4) is 0 Å². The van der Waals surface area contributed by atoms with Gasteiger partial charge in [-0.25, -0.2) is 4.98 Å². The summed E-state index contributed by atoms with van der Waals surface area (Å²) in [5.74, 6) is 0.113. The Kier molecular flexibility index (Phi) is 6.78. The van der Waals surface area contributed by atoms with Crippen molar-refractivity contribution in [3.05, 3.63) is 35.9 Å². The van der Waals surface area contributed by atoms with Gasteiger partial charge in [-0.2, -0.15) is 4.98 Å². The van der Waals surface area contributed by atoms with Crippen LogP contribution < -0.4 is 16.8 Å². The first-order valence-electron chi connectivity index (χ1n) is 9.70. The molecule has 2 heterocycles. The fraction of sp³-hybridized carbons (Fsp3) is 0.450. The number of aromatic nitrogens is 2. The zero-order chi connectivity index (χ0) is 19.9. The van der Waals surface area contributed by atoms with Crippen LogP contribution in [-0.2, 0) is 0 Å². The van der Waals surface area contributed by atoms with Crippen molar-refractivity contribution in [2.75, 3.05) is 37.6 Å². The average Bonchev–Trinajstić information content (AvgIpc) is 2.94. The molecule has 28 heavy (non-hydrogen) atoms. The van der Waals surface area contributed by atoms with Crippen molar-refractivity contribution in [1.29, 1.82) is 0 Å². The highest BCUT2D eigenvalue weighted by molar-refractivity contribution is 5.95. The van der Waals surface area contributed by atoms with Gasteiger partial charge in [0.15, 0.2) is 0 Å². The molecule has 0 spiro atoms. The predicted octanol–water partition coefficient (Wildman–Crippen LogP) is 1.27. The normalized spacial score (nSPS) is 16.3. The number of rotatable bonds is 6. The molecule has 150 valence electrons. The summed E-state index contributed by atoms with van der Waals surface area (Å²) in [6.07, 6.45) is 4.26. The number of likely N-dealkylation sites (tertiary alicyclic amines) is 1. The third-order valence-corrected chi connectivity index (χ3v) is 4.85. The van der Waals surface area contributed by atoms with Crippen molar-refractivity contribution < 1.29 is 9.90 Å². The number of hydrogen-bond donors (Lipinski definition) is 4. The van der Waals surface area contributed by atoms with Crippen LogP contribution in [0.1, 0.15) is 36.0 Å². The van der Waals surface area contributed by atoms with Crippen molar-refractivity contribution in [1.82, 2.24) is 20.2 Å². The largest absolute Gasteiger partial charge is 0.390 e. The molecular formula is C20H28N6O2. The summed E-state index contributed by atoms with van der Waals surface area (Å²) in [5.41, 5.74) is 13.1. The first-order chi connectivity index (χ1) is 13.5.